The fourth-order valence-corrected chi connectivity index (χ4v) is 10.6. The Morgan fingerprint density at radius 1 is 0.319 bits per heavy atom. The molecule has 0 atom stereocenters. The highest BCUT2D eigenvalue weighted by molar-refractivity contribution is 7.91. The van der Waals surface area contributed by atoms with E-state index < -0.39 is 60.1 Å². The highest BCUT2D eigenvalue weighted by Gasteiger charge is 2.72. The Hall–Kier alpha value is -7.42. The van der Waals surface area contributed by atoms with E-state index in [0.717, 1.165) is 35.4 Å². The standard InChI is InChI=1S/C55H38F6O6S2/c1-35-3-27-47(28-4-35)68(64,65)49-31-19-39(20-32-49)37-7-11-41(12-8-37)51(62)43-15-23-45(24-16-43)53(54(56,57)58,55(59,60)61)46-25-17-44(18-26-46)52(63)42-13-9-38(10-14-42)40-21-33-50(34-22-40)69(66,67)48-29-5-36(2)6-30-48/h3-34H,1-2H3. The third-order valence-electron chi connectivity index (χ3n) is 12.0. The van der Waals surface area contributed by atoms with Crippen molar-refractivity contribution in [2.45, 2.75) is 51.2 Å². The molecule has 0 aromatic heterocycles. The van der Waals surface area contributed by atoms with Crippen LogP contribution < -0.4 is 0 Å². The molecule has 0 saturated carbocycles. The van der Waals surface area contributed by atoms with Gasteiger partial charge in [-0.2, -0.15) is 26.3 Å². The molecule has 0 aliphatic rings. The Labute approximate surface area is 394 Å². The lowest BCUT2D eigenvalue weighted by Gasteiger charge is -2.38. The van der Waals surface area contributed by atoms with Crippen LogP contribution >= 0.6 is 0 Å². The maximum atomic E-state index is 15.1. The lowest BCUT2D eigenvalue weighted by atomic mass is 9.72. The Morgan fingerprint density at radius 2 is 0.522 bits per heavy atom. The van der Waals surface area contributed by atoms with E-state index in [0.29, 0.717) is 46.5 Å². The summed E-state index contributed by atoms with van der Waals surface area (Å²) < 4.78 is 143. The van der Waals surface area contributed by atoms with Gasteiger partial charge < -0.3 is 0 Å². The number of benzene rings is 8. The molecule has 0 amide bonds. The molecule has 0 bridgehead atoms. The van der Waals surface area contributed by atoms with Gasteiger partial charge in [0.25, 0.3) is 0 Å². The van der Waals surface area contributed by atoms with Crippen molar-refractivity contribution in [3.05, 3.63) is 239 Å². The van der Waals surface area contributed by atoms with Crippen molar-refractivity contribution in [1.82, 2.24) is 0 Å². The lowest BCUT2D eigenvalue weighted by Crippen LogP contribution is -2.54. The van der Waals surface area contributed by atoms with Crippen molar-refractivity contribution in [2.24, 2.45) is 0 Å². The molecule has 8 aromatic rings. The molecular formula is C55H38F6O6S2. The van der Waals surface area contributed by atoms with Crippen LogP contribution in [-0.4, -0.2) is 40.8 Å². The molecule has 0 unspecified atom stereocenters. The number of hydrogen-bond acceptors (Lipinski definition) is 6. The second-order valence-electron chi connectivity index (χ2n) is 16.4. The number of sulfone groups is 2. The molecule has 0 saturated heterocycles. The van der Waals surface area contributed by atoms with Crippen molar-refractivity contribution in [3.63, 3.8) is 0 Å². The van der Waals surface area contributed by atoms with E-state index in [-0.39, 0.29) is 41.8 Å². The van der Waals surface area contributed by atoms with Gasteiger partial charge in [0.2, 0.25) is 25.1 Å². The maximum Gasteiger partial charge on any atom is 0.411 e. The monoisotopic (exact) mass is 972 g/mol. The molecule has 0 heterocycles. The summed E-state index contributed by atoms with van der Waals surface area (Å²) in [5.41, 5.74) is -2.81. The molecule has 69 heavy (non-hydrogen) atoms. The third-order valence-corrected chi connectivity index (χ3v) is 15.5. The molecule has 0 aliphatic carbocycles. The Morgan fingerprint density at radius 3 is 0.754 bits per heavy atom. The van der Waals surface area contributed by atoms with Gasteiger partial charge >= 0.3 is 12.4 Å². The predicted octanol–water partition coefficient (Wildman–Crippen LogP) is 13.2. The number of alkyl halides is 6. The smallest absolute Gasteiger partial charge is 0.289 e. The summed E-state index contributed by atoms with van der Waals surface area (Å²) in [6, 6.07) is 43.2. The summed E-state index contributed by atoms with van der Waals surface area (Å²) in [5.74, 6) is -1.34. The third kappa shape index (κ3) is 9.17. The number of halogens is 6. The summed E-state index contributed by atoms with van der Waals surface area (Å²) in [4.78, 5) is 27.4. The van der Waals surface area contributed by atoms with Crippen LogP contribution in [0.4, 0.5) is 26.3 Å². The van der Waals surface area contributed by atoms with Crippen LogP contribution in [-0.2, 0) is 25.1 Å². The number of aryl methyl sites for hydroxylation is 2. The topological polar surface area (TPSA) is 102 Å². The summed E-state index contributed by atoms with van der Waals surface area (Å²) in [6.07, 6.45) is -11.9. The zero-order valence-corrected chi connectivity index (χ0v) is 38.1. The van der Waals surface area contributed by atoms with E-state index in [4.69, 9.17) is 0 Å². The quantitative estimate of drug-likeness (QED) is 0.0892. The predicted molar refractivity (Wildman–Crippen MR) is 250 cm³/mol. The molecule has 348 valence electrons. The molecule has 0 spiro atoms. The van der Waals surface area contributed by atoms with E-state index in [1.54, 1.807) is 72.8 Å². The molecule has 8 rings (SSSR count). The number of hydrogen-bond donors (Lipinski definition) is 0. The molecule has 0 N–H and O–H groups in total. The van der Waals surface area contributed by atoms with Crippen molar-refractivity contribution < 1.29 is 52.8 Å². The molecule has 0 fully saturated rings. The lowest BCUT2D eigenvalue weighted by molar-refractivity contribution is -0.288. The van der Waals surface area contributed by atoms with Gasteiger partial charge in [0.15, 0.2) is 11.6 Å². The average Bonchev–Trinajstić information content (AvgIpc) is 3.34. The second-order valence-corrected chi connectivity index (χ2v) is 20.3. The summed E-state index contributed by atoms with van der Waals surface area (Å²) in [6.45, 7) is 3.68. The van der Waals surface area contributed by atoms with Gasteiger partial charge in [0.05, 0.1) is 19.6 Å². The number of carbonyl (C=O) groups is 2. The minimum Gasteiger partial charge on any atom is -0.289 e. The summed E-state index contributed by atoms with van der Waals surface area (Å²) in [5, 5.41) is 0. The van der Waals surface area contributed by atoms with E-state index >= 15 is 26.3 Å². The van der Waals surface area contributed by atoms with Crippen LogP contribution in [0.25, 0.3) is 22.3 Å². The van der Waals surface area contributed by atoms with E-state index in [2.05, 4.69) is 0 Å². The first-order chi connectivity index (χ1) is 32.6. The summed E-state index contributed by atoms with van der Waals surface area (Å²) >= 11 is 0. The van der Waals surface area contributed by atoms with Gasteiger partial charge in [-0.1, -0.05) is 157 Å². The minimum absolute atomic E-state index is 0.0782. The average molecular weight is 973 g/mol. The largest absolute Gasteiger partial charge is 0.411 e. The van der Waals surface area contributed by atoms with Crippen LogP contribution in [0.5, 0.6) is 0 Å². The molecule has 8 aromatic carbocycles. The highest BCUT2D eigenvalue weighted by atomic mass is 32.2. The Balaban J connectivity index is 0.987. The molecule has 6 nitrogen and oxygen atoms in total. The van der Waals surface area contributed by atoms with E-state index in [1.165, 1.54) is 72.8 Å². The van der Waals surface area contributed by atoms with Crippen LogP contribution in [0.15, 0.2) is 214 Å². The Kier molecular flexibility index (Phi) is 12.7. The second kappa shape index (κ2) is 18.2. The van der Waals surface area contributed by atoms with Gasteiger partial charge in [0.1, 0.15) is 0 Å². The minimum atomic E-state index is -5.93. The van der Waals surface area contributed by atoms with Gasteiger partial charge in [-0.15, -0.1) is 0 Å². The number of ketones is 2. The van der Waals surface area contributed by atoms with Gasteiger partial charge in [-0.05, 0) is 95.8 Å². The van der Waals surface area contributed by atoms with Crippen LogP contribution in [0.1, 0.15) is 54.1 Å². The molecule has 0 aliphatic heterocycles. The van der Waals surface area contributed by atoms with Crippen molar-refractivity contribution in [3.8, 4) is 22.3 Å². The van der Waals surface area contributed by atoms with Gasteiger partial charge in [-0.3, -0.25) is 9.59 Å². The first-order valence-electron chi connectivity index (χ1n) is 21.1. The molecular weight excluding hydrogens is 935 g/mol. The molecule has 0 radical (unpaired) electrons. The number of carbonyl (C=O) groups excluding carboxylic acids is 2. The van der Waals surface area contributed by atoms with Crippen molar-refractivity contribution in [1.29, 1.82) is 0 Å². The Bertz CT molecular complexity index is 3170. The van der Waals surface area contributed by atoms with E-state index in [1.807, 2.05) is 13.8 Å². The molecule has 14 heteroatoms. The first kappa shape index (κ1) is 48.1. The fourth-order valence-electron chi connectivity index (χ4n) is 8.05. The first-order valence-corrected chi connectivity index (χ1v) is 24.1. The summed E-state index contributed by atoms with van der Waals surface area (Å²) in [7, 11) is -7.55. The highest BCUT2D eigenvalue weighted by Crippen LogP contribution is 2.56. The van der Waals surface area contributed by atoms with Crippen molar-refractivity contribution >= 4 is 31.2 Å². The van der Waals surface area contributed by atoms with Gasteiger partial charge in [0, 0.05) is 22.3 Å². The van der Waals surface area contributed by atoms with Crippen LogP contribution in [0, 0.1) is 13.8 Å². The SMILES string of the molecule is Cc1ccc(S(=O)(=O)c2ccc(-c3ccc(C(=O)c4ccc(C(c5ccc(C(=O)c6ccc(-c7ccc(S(=O)(=O)c8ccc(C)cc8)cc7)cc6)cc5)(C(F)(F)F)C(F)(F)F)cc4)cc3)cc2)cc1. The van der Waals surface area contributed by atoms with Crippen LogP contribution in [0.2, 0.25) is 0 Å². The zero-order chi connectivity index (χ0) is 49.5. The van der Waals surface area contributed by atoms with E-state index in [9.17, 15) is 26.4 Å². The maximum absolute atomic E-state index is 15.1. The number of rotatable bonds is 12. The normalized spacial score (nSPS) is 12.4. The van der Waals surface area contributed by atoms with Gasteiger partial charge in [-0.25, -0.2) is 16.8 Å². The van der Waals surface area contributed by atoms with Crippen molar-refractivity contribution in [2.75, 3.05) is 0 Å². The fraction of sp³-hybridized carbons (Fsp3) is 0.0909. The zero-order valence-electron chi connectivity index (χ0n) is 36.5. The van der Waals surface area contributed by atoms with Crippen LogP contribution in [0.3, 0.4) is 0 Å².